The largest absolute Gasteiger partial charge is 0.469 e. The van der Waals surface area contributed by atoms with Crippen molar-refractivity contribution in [2.24, 2.45) is 50.7 Å². The highest BCUT2D eigenvalue weighted by Crippen LogP contribution is 2.74. The van der Waals surface area contributed by atoms with Crippen LogP contribution in [0.1, 0.15) is 86.5 Å². The van der Waals surface area contributed by atoms with Gasteiger partial charge in [-0.3, -0.25) is 9.59 Å². The fourth-order valence-corrected chi connectivity index (χ4v) is 10.2. The van der Waals surface area contributed by atoms with Crippen LogP contribution in [0.5, 0.6) is 0 Å². The summed E-state index contributed by atoms with van der Waals surface area (Å²) in [5.41, 5.74) is -0.300. The number of carbonyl (C=O) groups excluding carboxylic acids is 3. The summed E-state index contributed by atoms with van der Waals surface area (Å²) in [5.74, 6) is -0.869. The molecule has 1 N–H and O–H groups in total. The molecule has 0 aliphatic heterocycles. The first kappa shape index (κ1) is 27.6. The molecule has 0 aromatic carbocycles. The fourth-order valence-electron chi connectivity index (χ4n) is 10.2. The number of ketones is 1. The third-order valence-corrected chi connectivity index (χ3v) is 12.6. The average molecular weight is 527 g/mol. The van der Waals surface area contributed by atoms with E-state index in [2.05, 4.69) is 34.6 Å². The number of esters is 2. The number of allylic oxidation sites excluding steroid dienone is 3. The zero-order valence-electron chi connectivity index (χ0n) is 24.5. The van der Waals surface area contributed by atoms with Gasteiger partial charge in [-0.2, -0.15) is 0 Å². The molecule has 0 saturated heterocycles. The number of hydrogen-bond acceptors (Lipinski definition) is 6. The molecule has 5 rings (SSSR count). The Morgan fingerprint density at radius 1 is 0.947 bits per heavy atom. The summed E-state index contributed by atoms with van der Waals surface area (Å²) in [6.07, 6.45) is 8.83. The van der Waals surface area contributed by atoms with E-state index in [0.717, 1.165) is 50.5 Å². The molecule has 9 atom stereocenters. The van der Waals surface area contributed by atoms with Crippen LogP contribution in [0, 0.1) is 50.7 Å². The van der Waals surface area contributed by atoms with Gasteiger partial charge in [0.15, 0.2) is 5.78 Å². The smallest absolute Gasteiger partial charge is 0.336 e. The maximum atomic E-state index is 14.4. The first-order chi connectivity index (χ1) is 17.6. The molecule has 0 amide bonds. The van der Waals surface area contributed by atoms with Gasteiger partial charge in [-0.1, -0.05) is 53.2 Å². The Bertz CT molecular complexity index is 1130. The van der Waals surface area contributed by atoms with Crippen LogP contribution < -0.4 is 0 Å². The number of rotatable bonds is 2. The van der Waals surface area contributed by atoms with Crippen molar-refractivity contribution in [3.8, 4) is 0 Å². The third-order valence-electron chi connectivity index (χ3n) is 12.6. The zero-order valence-corrected chi connectivity index (χ0v) is 24.5. The number of methoxy groups -OCH3 is 2. The summed E-state index contributed by atoms with van der Waals surface area (Å²) in [6, 6.07) is 0. The third kappa shape index (κ3) is 3.37. The number of aliphatic hydroxyl groups excluding tert-OH is 1. The number of carbonyl (C=O) groups is 3. The van der Waals surface area contributed by atoms with Crippen LogP contribution in [0.2, 0.25) is 0 Å². The lowest BCUT2D eigenvalue weighted by atomic mass is 9.35. The summed E-state index contributed by atoms with van der Waals surface area (Å²) in [6.45, 7) is 13.3. The topological polar surface area (TPSA) is 89.9 Å². The number of aliphatic hydroxyl groups is 1. The van der Waals surface area contributed by atoms with Gasteiger partial charge in [0.1, 0.15) is 0 Å². The Morgan fingerprint density at radius 3 is 2.24 bits per heavy atom. The van der Waals surface area contributed by atoms with Crippen LogP contribution in [0.25, 0.3) is 0 Å². The molecule has 0 aromatic heterocycles. The number of hydrogen-bond donors (Lipinski definition) is 1. The maximum Gasteiger partial charge on any atom is 0.336 e. The van der Waals surface area contributed by atoms with E-state index < -0.39 is 22.9 Å². The molecular weight excluding hydrogens is 480 g/mol. The molecule has 0 heterocycles. The second kappa shape index (κ2) is 8.52. The Morgan fingerprint density at radius 2 is 1.61 bits per heavy atom. The van der Waals surface area contributed by atoms with Crippen molar-refractivity contribution in [3.05, 3.63) is 23.3 Å². The molecule has 0 radical (unpaired) electrons. The first-order valence-electron chi connectivity index (χ1n) is 14.5. The molecule has 0 spiro atoms. The van der Waals surface area contributed by atoms with Crippen molar-refractivity contribution in [2.75, 3.05) is 14.2 Å². The lowest BCUT2D eigenvalue weighted by molar-refractivity contribution is -0.190. The highest BCUT2D eigenvalue weighted by atomic mass is 16.5. The van der Waals surface area contributed by atoms with Crippen LogP contribution in [0.4, 0.5) is 0 Å². The van der Waals surface area contributed by atoms with Crippen molar-refractivity contribution in [2.45, 2.75) is 92.6 Å². The van der Waals surface area contributed by atoms with E-state index in [9.17, 15) is 19.5 Å². The molecule has 0 bridgehead atoms. The van der Waals surface area contributed by atoms with E-state index in [1.807, 2.05) is 19.1 Å². The maximum absolute atomic E-state index is 14.4. The molecular formula is C32H46O6. The summed E-state index contributed by atoms with van der Waals surface area (Å²) in [5, 5.41) is 11.0. The highest BCUT2D eigenvalue weighted by molar-refractivity contribution is 5.97. The molecule has 5 aliphatic carbocycles. The quantitative estimate of drug-likeness (QED) is 0.483. The SMILES string of the molecule is COC(=O)C1=C[C@]2(C)C3=CC(=O)C4C5CC(C)(C)CC[C@]5(C(=O)OC)CC[C@@]4(C)[C@]3(C)CC[C@H]2[C@H](C)C1O. The van der Waals surface area contributed by atoms with Crippen molar-refractivity contribution < 1.29 is 29.0 Å². The zero-order chi connectivity index (χ0) is 28.1. The van der Waals surface area contributed by atoms with Gasteiger partial charge in [-0.05, 0) is 85.0 Å². The molecule has 38 heavy (non-hydrogen) atoms. The molecule has 3 unspecified atom stereocenters. The lowest BCUT2D eigenvalue weighted by Crippen LogP contribution is -2.65. The van der Waals surface area contributed by atoms with Gasteiger partial charge in [0, 0.05) is 11.3 Å². The summed E-state index contributed by atoms with van der Waals surface area (Å²) < 4.78 is 10.5. The molecule has 210 valence electrons. The molecule has 3 saturated carbocycles. The summed E-state index contributed by atoms with van der Waals surface area (Å²) in [4.78, 5) is 40.5. The molecule has 0 aromatic rings. The van der Waals surface area contributed by atoms with E-state index in [0.29, 0.717) is 5.57 Å². The minimum atomic E-state index is -0.882. The lowest BCUT2D eigenvalue weighted by Gasteiger charge is -2.68. The Balaban J connectivity index is 1.68. The van der Waals surface area contributed by atoms with Gasteiger partial charge < -0.3 is 14.6 Å². The first-order valence-corrected chi connectivity index (χ1v) is 14.5. The molecule has 3 fully saturated rings. The Labute approximate surface area is 227 Å². The monoisotopic (exact) mass is 526 g/mol. The van der Waals surface area contributed by atoms with E-state index in [4.69, 9.17) is 9.47 Å². The van der Waals surface area contributed by atoms with E-state index in [1.165, 1.54) is 14.2 Å². The number of fused-ring (bicyclic) bond motifs is 7. The van der Waals surface area contributed by atoms with Crippen LogP contribution in [-0.4, -0.2) is 43.2 Å². The van der Waals surface area contributed by atoms with Crippen LogP contribution >= 0.6 is 0 Å². The van der Waals surface area contributed by atoms with Gasteiger partial charge in [-0.15, -0.1) is 0 Å². The van der Waals surface area contributed by atoms with Gasteiger partial charge in [0.2, 0.25) is 0 Å². The standard InChI is InChI=1S/C32H46O6/c1-18-20-9-10-30(5)23(29(20,4)16-19(25(18)34)26(35)37-7)15-22(33)24-21-17-28(2,3)11-13-32(21,27(36)38-8)14-12-31(24,30)6/h15-16,18,20-21,24-25,34H,9-14,17H2,1-8H3/t18-,20-,21?,24?,25?,29-,30+,31+,32-/m0/s1. The molecule has 5 aliphatic rings. The van der Waals surface area contributed by atoms with E-state index >= 15 is 0 Å². The Kier molecular flexibility index (Phi) is 6.19. The number of ether oxygens (including phenoxy) is 2. The van der Waals surface area contributed by atoms with Gasteiger partial charge in [0.25, 0.3) is 0 Å². The Hall–Kier alpha value is -1.95. The van der Waals surface area contributed by atoms with Crippen molar-refractivity contribution in [1.29, 1.82) is 0 Å². The predicted octanol–water partition coefficient (Wildman–Crippen LogP) is 5.43. The van der Waals surface area contributed by atoms with Gasteiger partial charge in [0.05, 0.1) is 31.3 Å². The normalized spacial score (nSPS) is 47.3. The summed E-state index contributed by atoms with van der Waals surface area (Å²) in [7, 11) is 2.83. The molecule has 6 nitrogen and oxygen atoms in total. The van der Waals surface area contributed by atoms with Crippen LogP contribution in [-0.2, 0) is 23.9 Å². The summed E-state index contributed by atoms with van der Waals surface area (Å²) >= 11 is 0. The van der Waals surface area contributed by atoms with Crippen LogP contribution in [0.15, 0.2) is 23.3 Å². The molecule has 6 heteroatoms. The highest BCUT2D eigenvalue weighted by Gasteiger charge is 2.70. The average Bonchev–Trinajstić information content (AvgIpc) is 2.86. The second-order valence-electron chi connectivity index (χ2n) is 14.6. The van der Waals surface area contributed by atoms with Crippen molar-refractivity contribution >= 4 is 17.7 Å². The van der Waals surface area contributed by atoms with Gasteiger partial charge >= 0.3 is 11.9 Å². The predicted molar refractivity (Wildman–Crippen MR) is 144 cm³/mol. The van der Waals surface area contributed by atoms with Crippen molar-refractivity contribution in [1.82, 2.24) is 0 Å². The van der Waals surface area contributed by atoms with E-state index in [-0.39, 0.29) is 51.7 Å². The minimum Gasteiger partial charge on any atom is -0.469 e. The van der Waals surface area contributed by atoms with Crippen LogP contribution in [0.3, 0.4) is 0 Å². The minimum absolute atomic E-state index is 0.0571. The van der Waals surface area contributed by atoms with Crippen molar-refractivity contribution in [3.63, 3.8) is 0 Å². The second-order valence-corrected chi connectivity index (χ2v) is 14.6. The van der Waals surface area contributed by atoms with Gasteiger partial charge in [-0.25, -0.2) is 4.79 Å². The van der Waals surface area contributed by atoms with E-state index in [1.54, 1.807) is 0 Å². The fraction of sp³-hybridized carbons (Fsp3) is 0.781.